The highest BCUT2D eigenvalue weighted by molar-refractivity contribution is 8.00. The van der Waals surface area contributed by atoms with Crippen LogP contribution in [0, 0.1) is 6.92 Å². The highest BCUT2D eigenvalue weighted by atomic mass is 35.5. The van der Waals surface area contributed by atoms with Gasteiger partial charge in [0.15, 0.2) is 0 Å². The van der Waals surface area contributed by atoms with Crippen LogP contribution in [0.2, 0.25) is 5.02 Å². The molecule has 4 rings (SSSR count). The summed E-state index contributed by atoms with van der Waals surface area (Å²) >= 11 is 7.46. The average molecular weight is 414 g/mol. The van der Waals surface area contributed by atoms with Crippen molar-refractivity contribution in [3.05, 3.63) is 70.5 Å². The molecule has 144 valence electrons. The van der Waals surface area contributed by atoms with E-state index in [9.17, 15) is 4.79 Å². The Hall–Kier alpha value is -2.51. The third-order valence-corrected chi connectivity index (χ3v) is 6.21. The van der Waals surface area contributed by atoms with Crippen LogP contribution in [-0.2, 0) is 11.2 Å². The van der Waals surface area contributed by atoms with E-state index in [1.807, 2.05) is 60.1 Å². The van der Waals surface area contributed by atoms with Gasteiger partial charge in [0, 0.05) is 10.7 Å². The molecule has 0 spiro atoms. The minimum atomic E-state index is -0.415. The summed E-state index contributed by atoms with van der Waals surface area (Å²) in [6.07, 6.45) is 0.848. The maximum Gasteiger partial charge on any atom is 0.240 e. The number of nitrogens with zero attached hydrogens (tertiary/aromatic N) is 3. The number of anilines is 1. The summed E-state index contributed by atoms with van der Waals surface area (Å²) < 4.78 is 1.83. The Kier molecular flexibility index (Phi) is 5.28. The van der Waals surface area contributed by atoms with E-state index in [1.165, 1.54) is 11.8 Å². The Labute approximate surface area is 172 Å². The standard InChI is InChI=1S/C20H20ClN5OS/c1-3-13-6-4-5-7-16(13)22-19(27)18-17(14-8-10-15(21)11-9-14)25-26-12(2)23-24-20(26)28-18/h4-11,17-18,25H,3H2,1-2H3,(H,22,27)/t17-,18-/m0/s1. The van der Waals surface area contributed by atoms with Crippen LogP contribution >= 0.6 is 23.4 Å². The van der Waals surface area contributed by atoms with Crippen molar-refractivity contribution in [2.75, 3.05) is 10.7 Å². The van der Waals surface area contributed by atoms with Crippen molar-refractivity contribution < 1.29 is 4.79 Å². The van der Waals surface area contributed by atoms with Crippen molar-refractivity contribution >= 4 is 35.0 Å². The van der Waals surface area contributed by atoms with Gasteiger partial charge in [0.1, 0.15) is 11.1 Å². The fourth-order valence-electron chi connectivity index (χ4n) is 3.24. The maximum absolute atomic E-state index is 13.2. The quantitative estimate of drug-likeness (QED) is 0.670. The van der Waals surface area contributed by atoms with Crippen LogP contribution in [0.5, 0.6) is 0 Å². The van der Waals surface area contributed by atoms with Crippen molar-refractivity contribution in [3.63, 3.8) is 0 Å². The second-order valence-electron chi connectivity index (χ2n) is 6.56. The third kappa shape index (κ3) is 3.59. The number of carbonyl (C=O) groups is 1. The summed E-state index contributed by atoms with van der Waals surface area (Å²) in [5, 5.41) is 12.3. The molecule has 0 fully saturated rings. The van der Waals surface area contributed by atoms with Crippen LogP contribution in [0.25, 0.3) is 0 Å². The molecule has 28 heavy (non-hydrogen) atoms. The zero-order chi connectivity index (χ0) is 19.7. The van der Waals surface area contributed by atoms with Crippen molar-refractivity contribution in [1.82, 2.24) is 14.9 Å². The second-order valence-corrected chi connectivity index (χ2v) is 8.11. The van der Waals surface area contributed by atoms with Gasteiger partial charge in [0.05, 0.1) is 6.04 Å². The lowest BCUT2D eigenvalue weighted by Gasteiger charge is -2.33. The molecule has 1 aliphatic rings. The van der Waals surface area contributed by atoms with Crippen molar-refractivity contribution in [1.29, 1.82) is 0 Å². The molecule has 2 aromatic carbocycles. The van der Waals surface area contributed by atoms with Gasteiger partial charge >= 0.3 is 0 Å². The molecule has 0 bridgehead atoms. The monoisotopic (exact) mass is 413 g/mol. The zero-order valence-electron chi connectivity index (χ0n) is 15.5. The number of thioether (sulfide) groups is 1. The summed E-state index contributed by atoms with van der Waals surface area (Å²) in [6.45, 7) is 3.95. The van der Waals surface area contributed by atoms with E-state index >= 15 is 0 Å². The smallest absolute Gasteiger partial charge is 0.240 e. The Morgan fingerprint density at radius 3 is 2.71 bits per heavy atom. The van der Waals surface area contributed by atoms with Gasteiger partial charge in [-0.3, -0.25) is 4.79 Å². The molecule has 1 amide bonds. The molecule has 6 nitrogen and oxygen atoms in total. The fourth-order valence-corrected chi connectivity index (χ4v) is 4.49. The topological polar surface area (TPSA) is 71.8 Å². The largest absolute Gasteiger partial charge is 0.325 e. The van der Waals surface area contributed by atoms with Crippen LogP contribution in [0.15, 0.2) is 53.7 Å². The number of rotatable bonds is 4. The number of aromatic nitrogens is 3. The molecular weight excluding hydrogens is 394 g/mol. The number of hydrogen-bond acceptors (Lipinski definition) is 5. The van der Waals surface area contributed by atoms with Gasteiger partial charge in [-0.25, -0.2) is 4.68 Å². The SMILES string of the molecule is CCc1ccccc1NC(=O)[C@H]1Sc2nnc(C)n2N[C@H]1c1ccc(Cl)cc1. The van der Waals surface area contributed by atoms with Gasteiger partial charge < -0.3 is 10.7 Å². The predicted molar refractivity (Wildman–Crippen MR) is 112 cm³/mol. The molecule has 3 aromatic rings. The van der Waals surface area contributed by atoms with Gasteiger partial charge in [0.25, 0.3) is 0 Å². The molecule has 1 aromatic heterocycles. The van der Waals surface area contributed by atoms with Crippen molar-refractivity contribution in [2.24, 2.45) is 0 Å². The van der Waals surface area contributed by atoms with Gasteiger partial charge in [-0.2, -0.15) is 0 Å². The molecule has 0 unspecified atom stereocenters. The third-order valence-electron chi connectivity index (χ3n) is 4.74. The van der Waals surface area contributed by atoms with Gasteiger partial charge in [0.2, 0.25) is 11.1 Å². The summed E-state index contributed by atoms with van der Waals surface area (Å²) in [5.41, 5.74) is 6.31. The first-order chi connectivity index (χ1) is 13.6. The molecule has 0 saturated carbocycles. The Morgan fingerprint density at radius 1 is 1.21 bits per heavy atom. The molecule has 0 radical (unpaired) electrons. The van der Waals surface area contributed by atoms with Crippen molar-refractivity contribution in [3.8, 4) is 0 Å². The van der Waals surface area contributed by atoms with Gasteiger partial charge in [-0.05, 0) is 42.7 Å². The van der Waals surface area contributed by atoms with Crippen LogP contribution in [0.3, 0.4) is 0 Å². The number of carbonyl (C=O) groups excluding carboxylic acids is 1. The molecule has 8 heteroatoms. The van der Waals surface area contributed by atoms with E-state index in [4.69, 9.17) is 11.6 Å². The van der Waals surface area contributed by atoms with E-state index in [0.717, 1.165) is 29.1 Å². The number of aryl methyl sites for hydroxylation is 2. The fraction of sp³-hybridized carbons (Fsp3) is 0.250. The van der Waals surface area contributed by atoms with Gasteiger partial charge in [-0.1, -0.05) is 60.6 Å². The molecule has 2 N–H and O–H groups in total. The number of fused-ring (bicyclic) bond motifs is 1. The molecule has 2 atom stereocenters. The van der Waals surface area contributed by atoms with E-state index in [2.05, 4.69) is 27.9 Å². The first-order valence-electron chi connectivity index (χ1n) is 9.06. The molecule has 0 aliphatic carbocycles. The molecular formula is C20H20ClN5OS. The molecule has 2 heterocycles. The summed E-state index contributed by atoms with van der Waals surface area (Å²) in [5.74, 6) is 0.668. The number of nitrogens with one attached hydrogen (secondary N) is 2. The number of halogens is 1. The highest BCUT2D eigenvalue weighted by Crippen LogP contribution is 2.37. The summed E-state index contributed by atoms with van der Waals surface area (Å²) in [4.78, 5) is 13.2. The minimum Gasteiger partial charge on any atom is -0.325 e. The lowest BCUT2D eigenvalue weighted by Crippen LogP contribution is -2.41. The maximum atomic E-state index is 13.2. The van der Waals surface area contributed by atoms with Crippen LogP contribution < -0.4 is 10.7 Å². The Balaban J connectivity index is 1.67. The van der Waals surface area contributed by atoms with E-state index in [0.29, 0.717) is 10.2 Å². The van der Waals surface area contributed by atoms with Crippen LogP contribution in [-0.4, -0.2) is 26.0 Å². The highest BCUT2D eigenvalue weighted by Gasteiger charge is 2.37. The zero-order valence-corrected chi connectivity index (χ0v) is 17.1. The second kappa shape index (κ2) is 7.85. The lowest BCUT2D eigenvalue weighted by atomic mass is 10.0. The lowest BCUT2D eigenvalue weighted by molar-refractivity contribution is -0.116. The first-order valence-corrected chi connectivity index (χ1v) is 10.3. The summed E-state index contributed by atoms with van der Waals surface area (Å²) in [7, 11) is 0. The van der Waals surface area contributed by atoms with E-state index < -0.39 is 5.25 Å². The average Bonchev–Trinajstić information content (AvgIpc) is 3.08. The number of hydrogen-bond donors (Lipinski definition) is 2. The number of para-hydroxylation sites is 1. The minimum absolute atomic E-state index is 0.0785. The van der Waals surface area contributed by atoms with Crippen LogP contribution in [0.4, 0.5) is 5.69 Å². The Bertz CT molecular complexity index is 1000. The molecule has 0 saturated heterocycles. The number of benzene rings is 2. The van der Waals surface area contributed by atoms with E-state index in [-0.39, 0.29) is 11.9 Å². The Morgan fingerprint density at radius 2 is 1.96 bits per heavy atom. The number of amides is 1. The van der Waals surface area contributed by atoms with Crippen molar-refractivity contribution in [2.45, 2.75) is 36.7 Å². The predicted octanol–water partition coefficient (Wildman–Crippen LogP) is 4.20. The first kappa shape index (κ1) is 18.8. The normalized spacial score (nSPS) is 18.2. The molecule has 1 aliphatic heterocycles. The van der Waals surface area contributed by atoms with Crippen LogP contribution in [0.1, 0.15) is 29.9 Å². The van der Waals surface area contributed by atoms with Gasteiger partial charge in [-0.15, -0.1) is 10.2 Å². The van der Waals surface area contributed by atoms with E-state index in [1.54, 1.807) is 0 Å². The summed E-state index contributed by atoms with van der Waals surface area (Å²) in [6, 6.07) is 15.2.